The number of carbonyl (C=O) groups is 1. The molecule has 1 aromatic rings. The zero-order chi connectivity index (χ0) is 11.1. The molecule has 0 spiro atoms. The lowest BCUT2D eigenvalue weighted by Gasteiger charge is -2.17. The molecule has 2 heterocycles. The third-order valence-corrected chi connectivity index (χ3v) is 2.53. The maximum absolute atomic E-state index is 11.8. The largest absolute Gasteiger partial charge is 0.388 e. The van der Waals surface area contributed by atoms with Gasteiger partial charge in [-0.25, -0.2) is 4.98 Å². The maximum atomic E-state index is 11.8. The number of hydrogen-bond donors (Lipinski definition) is 2. The molecule has 0 aromatic carbocycles. The first-order chi connectivity index (χ1) is 6.98. The number of aliphatic hydroxyl groups is 1. The van der Waals surface area contributed by atoms with E-state index in [1.807, 2.05) is 0 Å². The number of carbonyl (C=O) groups excluding carboxylic acids is 1. The molecule has 0 bridgehead atoms. The molecule has 1 aromatic heterocycles. The number of nitrogens with zero attached hydrogens (tertiary/aromatic N) is 3. The third-order valence-electron chi connectivity index (χ3n) is 2.53. The average Bonchev–Trinajstić information content (AvgIpc) is 2.71. The highest BCUT2D eigenvalue weighted by atomic mass is 16.3. The second kappa shape index (κ2) is 3.30. The molecule has 1 atom stereocenters. The van der Waals surface area contributed by atoms with Crippen LogP contribution >= 0.6 is 0 Å². The topological polar surface area (TPSA) is 82.1 Å². The van der Waals surface area contributed by atoms with Gasteiger partial charge in [0.1, 0.15) is 5.82 Å². The normalized spacial score (nSPS) is 25.9. The number of rotatable bonds is 1. The standard InChI is InChI=1S/C9H14N4O2/c1-6-10-7(12-11-6)8(14)13-4-3-9(2,15)5-13/h15H,3-5H2,1-2H3,(H,10,11,12). The van der Waals surface area contributed by atoms with E-state index in [0.717, 1.165) is 0 Å². The summed E-state index contributed by atoms with van der Waals surface area (Å²) in [5.41, 5.74) is -0.777. The number of aromatic nitrogens is 3. The average molecular weight is 210 g/mol. The van der Waals surface area contributed by atoms with E-state index in [4.69, 9.17) is 0 Å². The van der Waals surface area contributed by atoms with Gasteiger partial charge < -0.3 is 10.0 Å². The van der Waals surface area contributed by atoms with Crippen molar-refractivity contribution >= 4 is 5.91 Å². The number of H-pyrrole nitrogens is 1. The Morgan fingerprint density at radius 3 is 2.87 bits per heavy atom. The minimum Gasteiger partial charge on any atom is -0.388 e. The van der Waals surface area contributed by atoms with Gasteiger partial charge in [-0.2, -0.15) is 0 Å². The molecular weight excluding hydrogens is 196 g/mol. The van der Waals surface area contributed by atoms with Crippen molar-refractivity contribution in [3.63, 3.8) is 0 Å². The summed E-state index contributed by atoms with van der Waals surface area (Å²) in [4.78, 5) is 17.4. The van der Waals surface area contributed by atoms with Crippen LogP contribution in [-0.2, 0) is 0 Å². The van der Waals surface area contributed by atoms with Crippen molar-refractivity contribution in [2.75, 3.05) is 13.1 Å². The summed E-state index contributed by atoms with van der Waals surface area (Å²) in [6, 6.07) is 0. The SMILES string of the molecule is Cc1nc(C(=O)N2CCC(C)(O)C2)n[nH]1. The third kappa shape index (κ3) is 1.99. The van der Waals surface area contributed by atoms with Crippen molar-refractivity contribution in [2.24, 2.45) is 0 Å². The molecule has 1 aliphatic rings. The van der Waals surface area contributed by atoms with Gasteiger partial charge in [-0.15, -0.1) is 5.10 Å². The Balaban J connectivity index is 2.10. The van der Waals surface area contributed by atoms with E-state index in [-0.39, 0.29) is 11.7 Å². The van der Waals surface area contributed by atoms with E-state index in [1.165, 1.54) is 0 Å². The van der Waals surface area contributed by atoms with E-state index >= 15 is 0 Å². The molecule has 1 fully saturated rings. The van der Waals surface area contributed by atoms with Gasteiger partial charge in [0.25, 0.3) is 5.91 Å². The van der Waals surface area contributed by atoms with Crippen molar-refractivity contribution in [3.8, 4) is 0 Å². The highest BCUT2D eigenvalue weighted by Gasteiger charge is 2.35. The van der Waals surface area contributed by atoms with Crippen LogP contribution in [0.25, 0.3) is 0 Å². The molecule has 15 heavy (non-hydrogen) atoms. The van der Waals surface area contributed by atoms with Gasteiger partial charge in [-0.05, 0) is 20.3 Å². The Hall–Kier alpha value is -1.43. The van der Waals surface area contributed by atoms with Crippen LogP contribution in [0.1, 0.15) is 29.8 Å². The van der Waals surface area contributed by atoms with Crippen LogP contribution in [0.3, 0.4) is 0 Å². The lowest BCUT2D eigenvalue weighted by molar-refractivity contribution is 0.0566. The van der Waals surface area contributed by atoms with Crippen molar-refractivity contribution in [1.29, 1.82) is 0 Å². The van der Waals surface area contributed by atoms with Crippen molar-refractivity contribution in [3.05, 3.63) is 11.6 Å². The predicted molar refractivity (Wildman–Crippen MR) is 52.3 cm³/mol. The van der Waals surface area contributed by atoms with Gasteiger partial charge in [-0.1, -0.05) is 0 Å². The number of hydrogen-bond acceptors (Lipinski definition) is 4. The summed E-state index contributed by atoms with van der Waals surface area (Å²) in [5, 5.41) is 16.1. The van der Waals surface area contributed by atoms with Crippen LogP contribution < -0.4 is 0 Å². The minimum atomic E-state index is -0.777. The van der Waals surface area contributed by atoms with Crippen molar-refractivity contribution in [2.45, 2.75) is 25.9 Å². The maximum Gasteiger partial charge on any atom is 0.293 e. The molecule has 6 nitrogen and oxygen atoms in total. The van der Waals surface area contributed by atoms with Gasteiger partial charge in [0.2, 0.25) is 5.82 Å². The first kappa shape index (κ1) is 10.1. The number of aromatic amines is 1. The minimum absolute atomic E-state index is 0.171. The number of aryl methyl sites for hydroxylation is 1. The zero-order valence-electron chi connectivity index (χ0n) is 8.82. The Morgan fingerprint density at radius 1 is 1.67 bits per heavy atom. The van der Waals surface area contributed by atoms with Crippen LogP contribution in [0, 0.1) is 6.92 Å². The quantitative estimate of drug-likeness (QED) is 0.667. The van der Waals surface area contributed by atoms with Gasteiger partial charge >= 0.3 is 0 Å². The number of nitrogens with one attached hydrogen (secondary N) is 1. The van der Waals surface area contributed by atoms with Crippen LogP contribution in [0.15, 0.2) is 0 Å². The van der Waals surface area contributed by atoms with Crippen LogP contribution in [0.4, 0.5) is 0 Å². The Kier molecular flexibility index (Phi) is 2.22. The molecule has 1 aliphatic heterocycles. The number of amides is 1. The highest BCUT2D eigenvalue weighted by Crippen LogP contribution is 2.21. The van der Waals surface area contributed by atoms with Crippen molar-refractivity contribution < 1.29 is 9.90 Å². The second-order valence-corrected chi connectivity index (χ2v) is 4.22. The van der Waals surface area contributed by atoms with Gasteiger partial charge in [0.15, 0.2) is 0 Å². The molecule has 1 amide bonds. The first-order valence-electron chi connectivity index (χ1n) is 4.89. The van der Waals surface area contributed by atoms with E-state index in [0.29, 0.717) is 25.3 Å². The van der Waals surface area contributed by atoms with E-state index in [1.54, 1.807) is 18.7 Å². The predicted octanol–water partition coefficient (Wildman–Crippen LogP) is -0.290. The summed E-state index contributed by atoms with van der Waals surface area (Å²) < 4.78 is 0. The summed E-state index contributed by atoms with van der Waals surface area (Å²) in [6.07, 6.45) is 0.599. The molecular formula is C9H14N4O2. The van der Waals surface area contributed by atoms with Crippen LogP contribution in [0.2, 0.25) is 0 Å². The highest BCUT2D eigenvalue weighted by molar-refractivity contribution is 5.90. The summed E-state index contributed by atoms with van der Waals surface area (Å²) in [7, 11) is 0. The molecule has 1 saturated heterocycles. The van der Waals surface area contributed by atoms with E-state index in [2.05, 4.69) is 15.2 Å². The molecule has 0 aliphatic carbocycles. The Bertz CT molecular complexity index is 385. The molecule has 82 valence electrons. The lowest BCUT2D eigenvalue weighted by atomic mass is 10.1. The summed E-state index contributed by atoms with van der Waals surface area (Å²) in [5.74, 6) is 0.562. The Morgan fingerprint density at radius 2 is 2.40 bits per heavy atom. The molecule has 1 unspecified atom stereocenters. The fraction of sp³-hybridized carbons (Fsp3) is 0.667. The zero-order valence-corrected chi connectivity index (χ0v) is 8.82. The summed E-state index contributed by atoms with van der Waals surface area (Å²) >= 11 is 0. The van der Waals surface area contributed by atoms with Crippen molar-refractivity contribution in [1.82, 2.24) is 20.1 Å². The molecule has 2 N–H and O–H groups in total. The van der Waals surface area contributed by atoms with Crippen LogP contribution in [0.5, 0.6) is 0 Å². The van der Waals surface area contributed by atoms with E-state index in [9.17, 15) is 9.90 Å². The molecule has 6 heteroatoms. The second-order valence-electron chi connectivity index (χ2n) is 4.22. The molecule has 2 rings (SSSR count). The number of likely N-dealkylation sites (tertiary alicyclic amines) is 1. The molecule has 0 saturated carbocycles. The molecule has 0 radical (unpaired) electrons. The fourth-order valence-corrected chi connectivity index (χ4v) is 1.70. The monoisotopic (exact) mass is 210 g/mol. The fourth-order valence-electron chi connectivity index (χ4n) is 1.70. The summed E-state index contributed by atoms with van der Waals surface area (Å²) in [6.45, 7) is 4.37. The van der Waals surface area contributed by atoms with Gasteiger partial charge in [-0.3, -0.25) is 9.89 Å². The van der Waals surface area contributed by atoms with E-state index < -0.39 is 5.60 Å². The van der Waals surface area contributed by atoms with Crippen LogP contribution in [-0.4, -0.2) is 49.8 Å². The van der Waals surface area contributed by atoms with Gasteiger partial charge in [0.05, 0.1) is 5.60 Å². The smallest absolute Gasteiger partial charge is 0.293 e. The van der Waals surface area contributed by atoms with Gasteiger partial charge in [0, 0.05) is 13.1 Å². The lowest BCUT2D eigenvalue weighted by Crippen LogP contribution is -2.34. The Labute approximate surface area is 87.3 Å². The number of β-amino-alcohol motifs (C(OH)–C–C–N with tert-alkyl or cyclic N) is 1. The first-order valence-corrected chi connectivity index (χ1v) is 4.89.